The number of likely N-dealkylation sites (tertiary alicyclic amines) is 1. The molecule has 0 bridgehead atoms. The summed E-state index contributed by atoms with van der Waals surface area (Å²) in [5, 5.41) is 0.570. The fourth-order valence-corrected chi connectivity index (χ4v) is 2.74. The number of nitrogens with zero attached hydrogens (tertiary/aromatic N) is 1. The smallest absolute Gasteiger partial charge is 0.260 e. The van der Waals surface area contributed by atoms with Gasteiger partial charge in [-0.2, -0.15) is 11.8 Å². The zero-order valence-electron chi connectivity index (χ0n) is 11.3. The van der Waals surface area contributed by atoms with E-state index in [1.165, 1.54) is 0 Å². The number of benzene rings is 1. The Morgan fingerprint density at radius 1 is 1.47 bits per heavy atom. The van der Waals surface area contributed by atoms with Crippen LogP contribution in [0.5, 0.6) is 11.5 Å². The van der Waals surface area contributed by atoms with Crippen LogP contribution in [0.1, 0.15) is 6.42 Å². The molecule has 1 saturated heterocycles. The molecule has 1 unspecified atom stereocenters. The quantitative estimate of drug-likeness (QED) is 0.828. The van der Waals surface area contributed by atoms with Crippen LogP contribution < -0.4 is 9.47 Å². The van der Waals surface area contributed by atoms with Crippen molar-refractivity contribution >= 4 is 17.7 Å². The summed E-state index contributed by atoms with van der Waals surface area (Å²) in [6.07, 6.45) is 3.16. The van der Waals surface area contributed by atoms with Gasteiger partial charge in [-0.15, -0.1) is 0 Å². The molecule has 2 rings (SSSR count). The van der Waals surface area contributed by atoms with Gasteiger partial charge in [-0.3, -0.25) is 4.79 Å². The first kappa shape index (κ1) is 14.1. The fraction of sp³-hybridized carbons (Fsp3) is 0.500. The van der Waals surface area contributed by atoms with E-state index < -0.39 is 0 Å². The number of thioether (sulfide) groups is 1. The number of carbonyl (C=O) groups is 1. The van der Waals surface area contributed by atoms with Crippen LogP contribution in [0.25, 0.3) is 0 Å². The van der Waals surface area contributed by atoms with E-state index in [-0.39, 0.29) is 12.5 Å². The number of amides is 1. The zero-order chi connectivity index (χ0) is 13.7. The third kappa shape index (κ3) is 3.80. The third-order valence-electron chi connectivity index (χ3n) is 3.23. The molecule has 0 spiro atoms. The molecule has 1 aliphatic heterocycles. The van der Waals surface area contributed by atoms with Gasteiger partial charge in [-0.25, -0.2) is 0 Å². The number of rotatable bonds is 5. The summed E-state index contributed by atoms with van der Waals surface area (Å²) in [5.74, 6) is 1.45. The minimum absolute atomic E-state index is 0.0550. The zero-order valence-corrected chi connectivity index (χ0v) is 12.1. The summed E-state index contributed by atoms with van der Waals surface area (Å²) in [6, 6.07) is 7.29. The van der Waals surface area contributed by atoms with Crippen LogP contribution in [-0.4, -0.2) is 49.1 Å². The largest absolute Gasteiger partial charge is 0.497 e. The number of methoxy groups -OCH3 is 1. The van der Waals surface area contributed by atoms with Crippen molar-refractivity contribution in [3.05, 3.63) is 24.3 Å². The predicted molar refractivity (Wildman–Crippen MR) is 77.0 cm³/mol. The Kier molecular flexibility index (Phi) is 4.96. The molecule has 0 saturated carbocycles. The number of carbonyl (C=O) groups excluding carboxylic acids is 1. The molecular formula is C14H19NO3S. The Balaban J connectivity index is 1.83. The molecule has 1 aromatic rings. The van der Waals surface area contributed by atoms with Crippen molar-refractivity contribution in [2.75, 3.05) is 33.1 Å². The summed E-state index contributed by atoms with van der Waals surface area (Å²) < 4.78 is 10.6. The minimum Gasteiger partial charge on any atom is -0.497 e. The molecule has 104 valence electrons. The van der Waals surface area contributed by atoms with Crippen LogP contribution in [0, 0.1) is 0 Å². The average molecular weight is 281 g/mol. The van der Waals surface area contributed by atoms with Crippen molar-refractivity contribution in [3.63, 3.8) is 0 Å². The highest BCUT2D eigenvalue weighted by Gasteiger charge is 2.25. The molecular weight excluding hydrogens is 262 g/mol. The normalized spacial score (nSPS) is 18.4. The summed E-state index contributed by atoms with van der Waals surface area (Å²) in [5.41, 5.74) is 0. The van der Waals surface area contributed by atoms with Crippen LogP contribution in [0.2, 0.25) is 0 Å². The van der Waals surface area contributed by atoms with Crippen molar-refractivity contribution in [3.8, 4) is 11.5 Å². The molecule has 1 heterocycles. The molecule has 1 atom stereocenters. The Morgan fingerprint density at radius 2 is 2.26 bits per heavy atom. The highest BCUT2D eigenvalue weighted by atomic mass is 32.2. The van der Waals surface area contributed by atoms with Gasteiger partial charge in [0.05, 0.1) is 7.11 Å². The molecule has 1 aliphatic rings. The van der Waals surface area contributed by atoms with Gasteiger partial charge >= 0.3 is 0 Å². The number of hydrogen-bond donors (Lipinski definition) is 0. The molecule has 19 heavy (non-hydrogen) atoms. The van der Waals surface area contributed by atoms with Crippen molar-refractivity contribution in [1.29, 1.82) is 0 Å². The molecule has 0 radical (unpaired) electrons. The van der Waals surface area contributed by atoms with E-state index in [9.17, 15) is 4.79 Å². The minimum atomic E-state index is 0.0550. The molecule has 0 aromatic heterocycles. The van der Waals surface area contributed by atoms with Gasteiger partial charge in [0.2, 0.25) is 0 Å². The highest BCUT2D eigenvalue weighted by molar-refractivity contribution is 7.99. The lowest BCUT2D eigenvalue weighted by Crippen LogP contribution is -2.33. The van der Waals surface area contributed by atoms with E-state index in [4.69, 9.17) is 9.47 Å². The monoisotopic (exact) mass is 281 g/mol. The van der Waals surface area contributed by atoms with Crippen LogP contribution in [0.4, 0.5) is 0 Å². The molecule has 0 aliphatic carbocycles. The fourth-order valence-electron chi connectivity index (χ4n) is 2.07. The summed E-state index contributed by atoms with van der Waals surface area (Å²) in [7, 11) is 1.61. The lowest BCUT2D eigenvalue weighted by atomic mass is 10.3. The van der Waals surface area contributed by atoms with E-state index in [1.807, 2.05) is 34.9 Å². The second-order valence-corrected chi connectivity index (χ2v) is 5.59. The standard InChI is InChI=1S/C14H19NO3S/c1-17-11-4-3-5-12(8-11)18-10-14(16)15-7-6-13(9-15)19-2/h3-5,8,13H,6-7,9-10H2,1-2H3. The van der Waals surface area contributed by atoms with E-state index in [2.05, 4.69) is 6.26 Å². The van der Waals surface area contributed by atoms with E-state index in [0.29, 0.717) is 11.0 Å². The second kappa shape index (κ2) is 6.70. The van der Waals surface area contributed by atoms with Crippen LogP contribution in [0.15, 0.2) is 24.3 Å². The topological polar surface area (TPSA) is 38.8 Å². The Hall–Kier alpha value is -1.36. The first-order chi connectivity index (χ1) is 9.22. The number of ether oxygens (including phenoxy) is 2. The second-order valence-electron chi connectivity index (χ2n) is 4.45. The molecule has 4 nitrogen and oxygen atoms in total. The highest BCUT2D eigenvalue weighted by Crippen LogP contribution is 2.21. The maximum atomic E-state index is 12.0. The first-order valence-corrected chi connectivity index (χ1v) is 7.59. The van der Waals surface area contributed by atoms with Crippen LogP contribution in [0.3, 0.4) is 0 Å². The third-order valence-corrected chi connectivity index (χ3v) is 4.29. The Labute approximate surface area is 118 Å². The SMILES string of the molecule is COc1cccc(OCC(=O)N2CCC(SC)C2)c1. The predicted octanol–water partition coefficient (Wildman–Crippen LogP) is 2.04. The molecule has 0 N–H and O–H groups in total. The maximum Gasteiger partial charge on any atom is 0.260 e. The van der Waals surface area contributed by atoms with Gasteiger partial charge < -0.3 is 14.4 Å². The summed E-state index contributed by atoms with van der Waals surface area (Å²) in [6.45, 7) is 1.77. The van der Waals surface area contributed by atoms with Gasteiger partial charge in [0, 0.05) is 24.4 Å². The molecule has 5 heteroatoms. The Bertz CT molecular complexity index is 438. The lowest BCUT2D eigenvalue weighted by molar-refractivity contribution is -0.132. The average Bonchev–Trinajstić information content (AvgIpc) is 2.94. The molecule has 1 fully saturated rings. The van der Waals surface area contributed by atoms with Crippen LogP contribution in [-0.2, 0) is 4.79 Å². The van der Waals surface area contributed by atoms with E-state index >= 15 is 0 Å². The van der Waals surface area contributed by atoms with E-state index in [0.717, 1.165) is 25.3 Å². The van der Waals surface area contributed by atoms with Crippen LogP contribution >= 0.6 is 11.8 Å². The first-order valence-electron chi connectivity index (χ1n) is 6.30. The Morgan fingerprint density at radius 3 is 2.95 bits per heavy atom. The van der Waals surface area contributed by atoms with Gasteiger partial charge in [0.25, 0.3) is 5.91 Å². The summed E-state index contributed by atoms with van der Waals surface area (Å²) >= 11 is 1.82. The van der Waals surface area contributed by atoms with Gasteiger partial charge in [0.1, 0.15) is 11.5 Å². The van der Waals surface area contributed by atoms with Crippen molar-refractivity contribution in [1.82, 2.24) is 4.90 Å². The van der Waals surface area contributed by atoms with Gasteiger partial charge in [-0.1, -0.05) is 6.07 Å². The van der Waals surface area contributed by atoms with E-state index in [1.54, 1.807) is 13.2 Å². The molecule has 1 amide bonds. The number of hydrogen-bond acceptors (Lipinski definition) is 4. The van der Waals surface area contributed by atoms with Gasteiger partial charge in [0.15, 0.2) is 6.61 Å². The maximum absolute atomic E-state index is 12.0. The van der Waals surface area contributed by atoms with Gasteiger partial charge in [-0.05, 0) is 24.8 Å². The molecule has 1 aromatic carbocycles. The summed E-state index contributed by atoms with van der Waals surface area (Å²) in [4.78, 5) is 13.9. The van der Waals surface area contributed by atoms with Crippen molar-refractivity contribution in [2.24, 2.45) is 0 Å². The lowest BCUT2D eigenvalue weighted by Gasteiger charge is -2.16. The van der Waals surface area contributed by atoms with Crippen molar-refractivity contribution < 1.29 is 14.3 Å². The van der Waals surface area contributed by atoms with Crippen molar-refractivity contribution in [2.45, 2.75) is 11.7 Å².